The van der Waals surface area contributed by atoms with Gasteiger partial charge in [-0.25, -0.2) is 0 Å². The van der Waals surface area contributed by atoms with Gasteiger partial charge >= 0.3 is 0 Å². The molecule has 15 heavy (non-hydrogen) atoms. The molecular weight excluding hydrogens is 297 g/mol. The molecule has 4 heteroatoms. The summed E-state index contributed by atoms with van der Waals surface area (Å²) >= 11 is 9.42. The number of benzene rings is 1. The molecule has 0 bridgehead atoms. The van der Waals surface area contributed by atoms with Gasteiger partial charge in [-0.3, -0.25) is 0 Å². The average Bonchev–Trinajstić information content (AvgIpc) is 2.19. The molecule has 0 heterocycles. The Morgan fingerprint density at radius 2 is 2.07 bits per heavy atom. The van der Waals surface area contributed by atoms with E-state index in [9.17, 15) is 0 Å². The van der Waals surface area contributed by atoms with E-state index in [1.165, 1.54) is 0 Å². The first kappa shape index (κ1) is 15.2. The van der Waals surface area contributed by atoms with Crippen LogP contribution in [0.15, 0.2) is 22.7 Å². The normalized spacial score (nSPS) is 14.2. The summed E-state index contributed by atoms with van der Waals surface area (Å²) in [6, 6.07) is 5.79. The zero-order valence-electron chi connectivity index (χ0n) is 8.84. The van der Waals surface area contributed by atoms with Crippen molar-refractivity contribution in [2.75, 3.05) is 0 Å². The molecule has 0 amide bonds. The largest absolute Gasteiger partial charge is 0.324 e. The summed E-state index contributed by atoms with van der Waals surface area (Å²) in [4.78, 5) is 0. The number of halogens is 3. The van der Waals surface area contributed by atoms with Crippen molar-refractivity contribution in [1.82, 2.24) is 0 Å². The van der Waals surface area contributed by atoms with E-state index < -0.39 is 0 Å². The van der Waals surface area contributed by atoms with Crippen LogP contribution in [0.25, 0.3) is 0 Å². The van der Waals surface area contributed by atoms with Gasteiger partial charge in [0.2, 0.25) is 0 Å². The van der Waals surface area contributed by atoms with Crippen LogP contribution in [-0.4, -0.2) is 0 Å². The first-order chi connectivity index (χ1) is 6.56. The molecule has 0 fully saturated rings. The molecule has 0 aromatic heterocycles. The lowest BCUT2D eigenvalue weighted by molar-refractivity contribution is 0.455. The van der Waals surface area contributed by atoms with Gasteiger partial charge in [-0.15, -0.1) is 12.4 Å². The van der Waals surface area contributed by atoms with E-state index in [4.69, 9.17) is 17.3 Å². The van der Waals surface area contributed by atoms with Crippen LogP contribution in [0.1, 0.15) is 31.9 Å². The van der Waals surface area contributed by atoms with Crippen LogP contribution in [-0.2, 0) is 0 Å². The number of hydrogen-bond acceptors (Lipinski definition) is 1. The first-order valence-electron chi connectivity index (χ1n) is 4.76. The molecule has 0 saturated heterocycles. The highest BCUT2D eigenvalue weighted by Crippen LogP contribution is 2.30. The second kappa shape index (κ2) is 6.74. The number of nitrogens with two attached hydrogens (primary N) is 1. The molecule has 1 aromatic carbocycles. The Kier molecular flexibility index (Phi) is 6.85. The van der Waals surface area contributed by atoms with Crippen molar-refractivity contribution >= 4 is 39.9 Å². The van der Waals surface area contributed by atoms with Gasteiger partial charge < -0.3 is 5.73 Å². The fourth-order valence-corrected chi connectivity index (χ4v) is 2.02. The van der Waals surface area contributed by atoms with E-state index >= 15 is 0 Å². The molecule has 1 nitrogen and oxygen atoms in total. The van der Waals surface area contributed by atoms with Gasteiger partial charge in [-0.1, -0.05) is 47.8 Å². The Balaban J connectivity index is 0.00000196. The molecule has 2 atom stereocenters. The van der Waals surface area contributed by atoms with Crippen LogP contribution in [0.3, 0.4) is 0 Å². The van der Waals surface area contributed by atoms with Crippen LogP contribution < -0.4 is 5.73 Å². The topological polar surface area (TPSA) is 26.0 Å². The number of rotatable bonds is 3. The van der Waals surface area contributed by atoms with Crippen LogP contribution in [0, 0.1) is 5.92 Å². The van der Waals surface area contributed by atoms with Crippen LogP contribution in [0.5, 0.6) is 0 Å². The van der Waals surface area contributed by atoms with Crippen LogP contribution >= 0.6 is 39.9 Å². The van der Waals surface area contributed by atoms with E-state index in [2.05, 4.69) is 29.8 Å². The minimum atomic E-state index is 0. The summed E-state index contributed by atoms with van der Waals surface area (Å²) in [5.74, 6) is 0.463. The molecule has 1 unspecified atom stereocenters. The van der Waals surface area contributed by atoms with E-state index in [0.717, 1.165) is 21.5 Å². The Hall–Kier alpha value is 0.240. The fraction of sp³-hybridized carbons (Fsp3) is 0.455. The molecular formula is C11H16BrCl2N. The third-order valence-corrected chi connectivity index (χ3v) is 3.53. The van der Waals surface area contributed by atoms with Crippen molar-refractivity contribution in [1.29, 1.82) is 0 Å². The Bertz CT molecular complexity index is 317. The standard InChI is InChI=1S/C11H15BrClN.ClH/c1-3-7(2)11(14)9-6-8(13)4-5-10(9)12;/h4-7,11H,3,14H2,1-2H3;1H/t7?,11-;/m0./s1. The van der Waals surface area contributed by atoms with Gasteiger partial charge in [-0.05, 0) is 29.7 Å². The quantitative estimate of drug-likeness (QED) is 0.869. The van der Waals surface area contributed by atoms with E-state index in [1.807, 2.05) is 18.2 Å². The second-order valence-corrected chi connectivity index (χ2v) is 4.87. The second-order valence-electron chi connectivity index (χ2n) is 3.58. The Labute approximate surface area is 111 Å². The zero-order valence-corrected chi connectivity index (χ0v) is 12.0. The van der Waals surface area contributed by atoms with Gasteiger partial charge in [0, 0.05) is 15.5 Å². The maximum absolute atomic E-state index is 6.13. The molecule has 1 aromatic rings. The molecule has 0 aliphatic rings. The number of hydrogen-bond donors (Lipinski definition) is 1. The lowest BCUT2D eigenvalue weighted by Crippen LogP contribution is -2.18. The van der Waals surface area contributed by atoms with Crippen molar-refractivity contribution in [2.45, 2.75) is 26.3 Å². The Morgan fingerprint density at radius 3 is 2.60 bits per heavy atom. The van der Waals surface area contributed by atoms with Crippen LogP contribution in [0.4, 0.5) is 0 Å². The fourth-order valence-electron chi connectivity index (χ4n) is 1.33. The molecule has 0 aliphatic heterocycles. The smallest absolute Gasteiger partial charge is 0.0410 e. The van der Waals surface area contributed by atoms with Gasteiger partial charge in [-0.2, -0.15) is 0 Å². The minimum Gasteiger partial charge on any atom is -0.324 e. The summed E-state index contributed by atoms with van der Waals surface area (Å²) in [5, 5.41) is 0.738. The summed E-state index contributed by atoms with van der Waals surface area (Å²) in [6.45, 7) is 4.29. The zero-order chi connectivity index (χ0) is 10.7. The molecule has 0 saturated carbocycles. The monoisotopic (exact) mass is 311 g/mol. The maximum Gasteiger partial charge on any atom is 0.0410 e. The molecule has 86 valence electrons. The lowest BCUT2D eigenvalue weighted by Gasteiger charge is -2.20. The van der Waals surface area contributed by atoms with Crippen molar-refractivity contribution in [3.8, 4) is 0 Å². The van der Waals surface area contributed by atoms with Crippen molar-refractivity contribution in [3.05, 3.63) is 33.3 Å². The summed E-state index contributed by atoms with van der Waals surface area (Å²) in [6.07, 6.45) is 1.07. The predicted molar refractivity (Wildman–Crippen MR) is 72.8 cm³/mol. The molecule has 1 rings (SSSR count). The van der Waals surface area contributed by atoms with Gasteiger partial charge in [0.25, 0.3) is 0 Å². The van der Waals surface area contributed by atoms with Crippen LogP contribution in [0.2, 0.25) is 5.02 Å². The highest BCUT2D eigenvalue weighted by atomic mass is 79.9. The molecule has 0 radical (unpaired) electrons. The van der Waals surface area contributed by atoms with Gasteiger partial charge in [0.15, 0.2) is 0 Å². The highest BCUT2D eigenvalue weighted by molar-refractivity contribution is 9.10. The van der Waals surface area contributed by atoms with Crippen molar-refractivity contribution in [2.24, 2.45) is 11.7 Å². The van der Waals surface area contributed by atoms with Crippen molar-refractivity contribution in [3.63, 3.8) is 0 Å². The summed E-state index contributed by atoms with van der Waals surface area (Å²) < 4.78 is 1.04. The van der Waals surface area contributed by atoms with Gasteiger partial charge in [0.1, 0.15) is 0 Å². The molecule has 0 aliphatic carbocycles. The van der Waals surface area contributed by atoms with E-state index in [0.29, 0.717) is 5.92 Å². The molecule has 0 spiro atoms. The minimum absolute atomic E-state index is 0. The van der Waals surface area contributed by atoms with E-state index in [1.54, 1.807) is 0 Å². The average molecular weight is 313 g/mol. The highest BCUT2D eigenvalue weighted by Gasteiger charge is 2.15. The van der Waals surface area contributed by atoms with E-state index in [-0.39, 0.29) is 18.4 Å². The van der Waals surface area contributed by atoms with Crippen molar-refractivity contribution < 1.29 is 0 Å². The lowest BCUT2D eigenvalue weighted by atomic mass is 9.93. The molecule has 2 N–H and O–H groups in total. The SMILES string of the molecule is CCC(C)[C@H](N)c1cc(Cl)ccc1Br.Cl. The predicted octanol–water partition coefficient (Wildman–Crippen LogP) is 4.57. The third-order valence-electron chi connectivity index (χ3n) is 2.57. The Morgan fingerprint density at radius 1 is 1.47 bits per heavy atom. The third kappa shape index (κ3) is 3.95. The maximum atomic E-state index is 6.13. The summed E-state index contributed by atoms with van der Waals surface area (Å²) in [7, 11) is 0. The van der Waals surface area contributed by atoms with Gasteiger partial charge in [0.05, 0.1) is 0 Å². The summed E-state index contributed by atoms with van der Waals surface area (Å²) in [5.41, 5.74) is 7.22. The first-order valence-corrected chi connectivity index (χ1v) is 5.94.